The smallest absolute Gasteiger partial charge is 0.337 e. The predicted molar refractivity (Wildman–Crippen MR) is 141 cm³/mol. The zero-order chi connectivity index (χ0) is 27.2. The van der Waals surface area contributed by atoms with Gasteiger partial charge in [0.1, 0.15) is 17.3 Å². The van der Waals surface area contributed by atoms with Crippen molar-refractivity contribution in [2.45, 2.75) is 25.9 Å². The molecule has 0 aliphatic carbocycles. The standard InChI is InChI=1S/C30H29NO7/c1-4-16-38-23-14-12-20(13-15-23)27(32)25-26(22-6-5-7-24(17-22)36-2)31(29(34)28(25)33)18-19-8-10-21(11-9-19)30(35)37-3/h5-15,17,26,32H,4,16,18H2,1-3H3/b27-25+. The van der Waals surface area contributed by atoms with Crippen LogP contribution in [-0.4, -0.2) is 48.5 Å². The second-order valence-corrected chi connectivity index (χ2v) is 8.76. The van der Waals surface area contributed by atoms with E-state index in [4.69, 9.17) is 14.2 Å². The van der Waals surface area contributed by atoms with Crippen LogP contribution in [0.15, 0.2) is 78.4 Å². The molecule has 196 valence electrons. The molecule has 1 unspecified atom stereocenters. The highest BCUT2D eigenvalue weighted by atomic mass is 16.5. The van der Waals surface area contributed by atoms with Gasteiger partial charge in [-0.15, -0.1) is 0 Å². The van der Waals surface area contributed by atoms with Crippen molar-refractivity contribution in [1.82, 2.24) is 4.90 Å². The van der Waals surface area contributed by atoms with Gasteiger partial charge in [0.25, 0.3) is 11.7 Å². The second-order valence-electron chi connectivity index (χ2n) is 8.76. The molecule has 8 heteroatoms. The van der Waals surface area contributed by atoms with Crippen molar-refractivity contribution in [1.29, 1.82) is 0 Å². The Kier molecular flexibility index (Phi) is 8.11. The quantitative estimate of drug-likeness (QED) is 0.187. The predicted octanol–water partition coefficient (Wildman–Crippen LogP) is 4.89. The molecule has 0 saturated carbocycles. The molecular weight excluding hydrogens is 486 g/mol. The number of likely N-dealkylation sites (tertiary alicyclic amines) is 1. The number of carbonyl (C=O) groups excluding carboxylic acids is 3. The monoisotopic (exact) mass is 515 g/mol. The Bertz CT molecular complexity index is 1360. The molecule has 3 aromatic rings. The van der Waals surface area contributed by atoms with Gasteiger partial charge in [-0.25, -0.2) is 4.79 Å². The molecular formula is C30H29NO7. The lowest BCUT2D eigenvalue weighted by Crippen LogP contribution is -2.29. The molecule has 1 aliphatic heterocycles. The molecule has 0 spiro atoms. The Labute approximate surface area is 221 Å². The molecule has 8 nitrogen and oxygen atoms in total. The van der Waals surface area contributed by atoms with Gasteiger partial charge in [-0.2, -0.15) is 0 Å². The minimum Gasteiger partial charge on any atom is -0.507 e. The van der Waals surface area contributed by atoms with Crippen LogP contribution in [0.4, 0.5) is 0 Å². The summed E-state index contributed by atoms with van der Waals surface area (Å²) in [5.41, 5.74) is 2.05. The van der Waals surface area contributed by atoms with Crippen LogP contribution in [0, 0.1) is 0 Å². The Morgan fingerprint density at radius 2 is 1.61 bits per heavy atom. The highest BCUT2D eigenvalue weighted by Gasteiger charge is 2.46. The van der Waals surface area contributed by atoms with Crippen LogP contribution in [0.1, 0.15) is 46.4 Å². The minimum atomic E-state index is -0.860. The van der Waals surface area contributed by atoms with E-state index >= 15 is 0 Å². The fourth-order valence-electron chi connectivity index (χ4n) is 4.35. The average Bonchev–Trinajstić information content (AvgIpc) is 3.20. The molecule has 0 bridgehead atoms. The van der Waals surface area contributed by atoms with Gasteiger partial charge >= 0.3 is 5.97 Å². The first-order valence-electron chi connectivity index (χ1n) is 12.2. The van der Waals surface area contributed by atoms with E-state index in [9.17, 15) is 19.5 Å². The van der Waals surface area contributed by atoms with Gasteiger partial charge in [0, 0.05) is 12.1 Å². The molecule has 1 saturated heterocycles. The number of benzene rings is 3. The topological polar surface area (TPSA) is 102 Å². The van der Waals surface area contributed by atoms with Gasteiger partial charge in [-0.1, -0.05) is 31.2 Å². The minimum absolute atomic E-state index is 0.0170. The molecule has 1 fully saturated rings. The third-order valence-electron chi connectivity index (χ3n) is 6.28. The van der Waals surface area contributed by atoms with Gasteiger partial charge in [0.15, 0.2) is 0 Å². The van der Waals surface area contributed by atoms with Crippen LogP contribution in [-0.2, 0) is 20.9 Å². The van der Waals surface area contributed by atoms with Crippen molar-refractivity contribution >= 4 is 23.4 Å². The Morgan fingerprint density at radius 1 is 0.921 bits per heavy atom. The van der Waals surface area contributed by atoms with Crippen LogP contribution in [0.25, 0.3) is 5.76 Å². The first-order chi connectivity index (χ1) is 18.4. The molecule has 0 aromatic heterocycles. The number of rotatable bonds is 9. The Balaban J connectivity index is 1.76. The van der Waals surface area contributed by atoms with E-state index in [1.807, 2.05) is 6.92 Å². The zero-order valence-electron chi connectivity index (χ0n) is 21.5. The number of ether oxygens (including phenoxy) is 3. The largest absolute Gasteiger partial charge is 0.507 e. The summed E-state index contributed by atoms with van der Waals surface area (Å²) in [5, 5.41) is 11.3. The maximum Gasteiger partial charge on any atom is 0.337 e. The molecule has 38 heavy (non-hydrogen) atoms. The molecule has 3 aromatic carbocycles. The van der Waals surface area contributed by atoms with E-state index in [1.165, 1.54) is 19.1 Å². The molecule has 1 aliphatic rings. The summed E-state index contributed by atoms with van der Waals surface area (Å²) in [6.07, 6.45) is 0.858. The van der Waals surface area contributed by atoms with Crippen molar-refractivity contribution in [2.75, 3.05) is 20.8 Å². The fourth-order valence-corrected chi connectivity index (χ4v) is 4.35. The van der Waals surface area contributed by atoms with Crippen LogP contribution in [0.3, 0.4) is 0 Å². The van der Waals surface area contributed by atoms with E-state index in [0.717, 1.165) is 6.42 Å². The number of carbonyl (C=O) groups is 3. The van der Waals surface area contributed by atoms with Crippen LogP contribution in [0.5, 0.6) is 11.5 Å². The van der Waals surface area contributed by atoms with E-state index in [-0.39, 0.29) is 17.9 Å². The van der Waals surface area contributed by atoms with Crippen molar-refractivity contribution in [3.05, 3.63) is 101 Å². The average molecular weight is 516 g/mol. The normalized spacial score (nSPS) is 16.4. The lowest BCUT2D eigenvalue weighted by molar-refractivity contribution is -0.140. The lowest BCUT2D eigenvalue weighted by Gasteiger charge is -2.26. The van der Waals surface area contributed by atoms with Crippen molar-refractivity contribution in [3.63, 3.8) is 0 Å². The summed E-state index contributed by atoms with van der Waals surface area (Å²) in [7, 11) is 2.83. The summed E-state index contributed by atoms with van der Waals surface area (Å²) >= 11 is 0. The number of esters is 1. The lowest BCUT2D eigenvalue weighted by atomic mass is 9.95. The van der Waals surface area contributed by atoms with E-state index in [2.05, 4.69) is 0 Å². The highest BCUT2D eigenvalue weighted by molar-refractivity contribution is 6.46. The van der Waals surface area contributed by atoms with Gasteiger partial charge in [0.2, 0.25) is 0 Å². The first kappa shape index (κ1) is 26.5. The number of hydrogen-bond donors (Lipinski definition) is 1. The Hall–Kier alpha value is -4.59. The number of amides is 1. The molecule has 0 radical (unpaired) electrons. The van der Waals surface area contributed by atoms with Crippen molar-refractivity contribution < 1.29 is 33.7 Å². The summed E-state index contributed by atoms with van der Waals surface area (Å²) in [5.74, 6) is -1.08. The number of nitrogens with zero attached hydrogens (tertiary/aromatic N) is 1. The van der Waals surface area contributed by atoms with E-state index in [1.54, 1.807) is 72.8 Å². The fraction of sp³-hybridized carbons (Fsp3) is 0.233. The van der Waals surface area contributed by atoms with Crippen LogP contribution in [0.2, 0.25) is 0 Å². The molecule has 4 rings (SSSR count). The second kappa shape index (κ2) is 11.6. The van der Waals surface area contributed by atoms with Crippen LogP contribution >= 0.6 is 0 Å². The molecule has 1 amide bonds. The SMILES string of the molecule is CCCOc1ccc(/C(O)=C2\C(=O)C(=O)N(Cc3ccc(C(=O)OC)cc3)C2c2cccc(OC)c2)cc1. The number of aliphatic hydroxyl groups is 1. The number of Topliss-reactive ketones (excluding diaryl/α,β-unsaturated/α-hetero) is 1. The van der Waals surface area contributed by atoms with Gasteiger partial charge in [-0.05, 0) is 66.1 Å². The Morgan fingerprint density at radius 3 is 2.24 bits per heavy atom. The highest BCUT2D eigenvalue weighted by Crippen LogP contribution is 2.41. The summed E-state index contributed by atoms with van der Waals surface area (Å²) in [6.45, 7) is 2.65. The summed E-state index contributed by atoms with van der Waals surface area (Å²) < 4.78 is 15.7. The maximum atomic E-state index is 13.3. The molecule has 1 N–H and O–H groups in total. The van der Waals surface area contributed by atoms with E-state index < -0.39 is 23.7 Å². The van der Waals surface area contributed by atoms with Crippen molar-refractivity contribution in [3.8, 4) is 11.5 Å². The molecule has 1 heterocycles. The first-order valence-corrected chi connectivity index (χ1v) is 12.2. The zero-order valence-corrected chi connectivity index (χ0v) is 21.5. The third-order valence-corrected chi connectivity index (χ3v) is 6.28. The van der Waals surface area contributed by atoms with Gasteiger partial charge in [-0.3, -0.25) is 9.59 Å². The summed E-state index contributed by atoms with van der Waals surface area (Å²) in [6, 6.07) is 19.5. The van der Waals surface area contributed by atoms with Gasteiger partial charge in [0.05, 0.1) is 38.0 Å². The number of hydrogen-bond acceptors (Lipinski definition) is 7. The van der Waals surface area contributed by atoms with E-state index in [0.29, 0.717) is 40.4 Å². The third kappa shape index (κ3) is 5.39. The maximum absolute atomic E-state index is 13.3. The van der Waals surface area contributed by atoms with Crippen molar-refractivity contribution in [2.24, 2.45) is 0 Å². The van der Waals surface area contributed by atoms with Crippen LogP contribution < -0.4 is 9.47 Å². The summed E-state index contributed by atoms with van der Waals surface area (Å²) in [4.78, 5) is 39.8. The number of ketones is 1. The molecule has 1 atom stereocenters. The number of aliphatic hydroxyl groups excluding tert-OH is 1. The van der Waals surface area contributed by atoms with Gasteiger partial charge < -0.3 is 24.2 Å². The number of methoxy groups -OCH3 is 2.